The molecule has 3 aromatic rings. The van der Waals surface area contributed by atoms with Gasteiger partial charge in [-0.05, 0) is 42.2 Å². The number of para-hydroxylation sites is 2. The van der Waals surface area contributed by atoms with E-state index in [0.29, 0.717) is 6.04 Å². The van der Waals surface area contributed by atoms with Crippen LogP contribution in [-0.4, -0.2) is 15.8 Å². The molecule has 4 rings (SSSR count). The lowest BCUT2D eigenvalue weighted by Crippen LogP contribution is -2.20. The molecule has 2 aromatic carbocycles. The highest BCUT2D eigenvalue weighted by Gasteiger charge is 2.21. The zero-order chi connectivity index (χ0) is 14.1. The van der Waals surface area contributed by atoms with E-state index in [4.69, 9.17) is 0 Å². The molecule has 0 unspecified atom stereocenters. The predicted molar refractivity (Wildman–Crippen MR) is 84.8 cm³/mol. The molecule has 21 heavy (non-hydrogen) atoms. The third-order valence-corrected chi connectivity index (χ3v) is 4.07. The number of nitrogens with one attached hydrogen (secondary N) is 1. The smallest absolute Gasteiger partial charge is 0.0876 e. The topological polar surface area (TPSA) is 29.9 Å². The van der Waals surface area contributed by atoms with Crippen LogP contribution >= 0.6 is 0 Å². The fourth-order valence-electron chi connectivity index (χ4n) is 3.09. The predicted octanol–water partition coefficient (Wildman–Crippen LogP) is 3.45. The Morgan fingerprint density at radius 3 is 2.33 bits per heavy atom. The number of hydrogen-bond donors (Lipinski definition) is 1. The van der Waals surface area contributed by atoms with Crippen LogP contribution in [0.4, 0.5) is 5.69 Å². The van der Waals surface area contributed by atoms with Crippen molar-refractivity contribution in [3.8, 4) is 5.69 Å². The Bertz CT molecular complexity index is 722. The molecule has 0 atom stereocenters. The van der Waals surface area contributed by atoms with Gasteiger partial charge in [0.1, 0.15) is 0 Å². The van der Waals surface area contributed by atoms with Crippen molar-refractivity contribution < 1.29 is 0 Å². The van der Waals surface area contributed by atoms with Gasteiger partial charge in [-0.15, -0.1) is 0 Å². The van der Waals surface area contributed by atoms with E-state index >= 15 is 0 Å². The number of hydrogen-bond acceptors (Lipinski definition) is 2. The molecule has 1 heterocycles. The Balaban J connectivity index is 1.59. The number of benzene rings is 2. The van der Waals surface area contributed by atoms with Crippen molar-refractivity contribution in [3.05, 3.63) is 78.1 Å². The normalized spacial score (nSPS) is 14.1. The molecule has 0 radical (unpaired) electrons. The minimum absolute atomic E-state index is 0.458. The molecule has 3 heteroatoms. The van der Waals surface area contributed by atoms with Gasteiger partial charge in [0, 0.05) is 18.4 Å². The zero-order valence-corrected chi connectivity index (χ0v) is 11.7. The van der Waals surface area contributed by atoms with E-state index in [2.05, 4.69) is 52.9 Å². The van der Waals surface area contributed by atoms with Gasteiger partial charge in [0.25, 0.3) is 0 Å². The van der Waals surface area contributed by atoms with Crippen molar-refractivity contribution in [2.24, 2.45) is 0 Å². The number of aromatic nitrogens is 2. The Morgan fingerprint density at radius 2 is 1.62 bits per heavy atom. The first-order chi connectivity index (χ1) is 10.4. The molecule has 104 valence electrons. The molecule has 0 amide bonds. The maximum absolute atomic E-state index is 4.34. The molecule has 1 aromatic heterocycles. The van der Waals surface area contributed by atoms with Crippen molar-refractivity contribution in [2.45, 2.75) is 18.9 Å². The van der Waals surface area contributed by atoms with E-state index in [9.17, 15) is 0 Å². The lowest BCUT2D eigenvalue weighted by atomic mass is 10.1. The number of anilines is 1. The van der Waals surface area contributed by atoms with Crippen molar-refractivity contribution in [1.82, 2.24) is 9.78 Å². The quantitative estimate of drug-likeness (QED) is 0.793. The summed E-state index contributed by atoms with van der Waals surface area (Å²) >= 11 is 0. The SMILES string of the molecule is c1ccc2c(c1)CC(Nc1ccccc1-n1cccn1)C2. The van der Waals surface area contributed by atoms with Crippen molar-refractivity contribution >= 4 is 5.69 Å². The lowest BCUT2D eigenvalue weighted by molar-refractivity contribution is 0.769. The summed E-state index contributed by atoms with van der Waals surface area (Å²) in [6, 6.07) is 19.5. The average molecular weight is 275 g/mol. The molecule has 0 fully saturated rings. The summed E-state index contributed by atoms with van der Waals surface area (Å²) in [6.07, 6.45) is 5.96. The number of rotatable bonds is 3. The van der Waals surface area contributed by atoms with Gasteiger partial charge in [0.05, 0.1) is 11.4 Å². The molecule has 0 saturated heterocycles. The molecule has 3 nitrogen and oxygen atoms in total. The molecule has 1 aliphatic rings. The highest BCUT2D eigenvalue weighted by atomic mass is 15.3. The molecule has 0 spiro atoms. The number of nitrogens with zero attached hydrogens (tertiary/aromatic N) is 2. The van der Waals surface area contributed by atoms with Gasteiger partial charge in [-0.2, -0.15) is 5.10 Å². The standard InChI is InChI=1S/C18H17N3/c1-2-7-15-13-16(12-14(15)6-1)20-17-8-3-4-9-18(17)21-11-5-10-19-21/h1-11,16,20H,12-13H2. The Labute approximate surface area is 124 Å². The first-order valence-corrected chi connectivity index (χ1v) is 7.32. The third-order valence-electron chi connectivity index (χ3n) is 4.07. The van der Waals surface area contributed by atoms with Gasteiger partial charge in [-0.1, -0.05) is 36.4 Å². The second-order valence-corrected chi connectivity index (χ2v) is 5.49. The average Bonchev–Trinajstić information content (AvgIpc) is 3.16. The minimum Gasteiger partial charge on any atom is -0.380 e. The van der Waals surface area contributed by atoms with Crippen LogP contribution in [0.2, 0.25) is 0 Å². The summed E-state index contributed by atoms with van der Waals surface area (Å²) in [5.74, 6) is 0. The fraction of sp³-hybridized carbons (Fsp3) is 0.167. The van der Waals surface area contributed by atoms with Crippen molar-refractivity contribution in [1.29, 1.82) is 0 Å². The molecule has 0 bridgehead atoms. The van der Waals surface area contributed by atoms with Crippen LogP contribution in [0.1, 0.15) is 11.1 Å². The van der Waals surface area contributed by atoms with Gasteiger partial charge in [0.15, 0.2) is 0 Å². The van der Waals surface area contributed by atoms with Gasteiger partial charge in [-0.25, -0.2) is 4.68 Å². The zero-order valence-electron chi connectivity index (χ0n) is 11.7. The third kappa shape index (κ3) is 2.31. The second kappa shape index (κ2) is 5.09. The Kier molecular flexibility index (Phi) is 2.96. The monoisotopic (exact) mass is 275 g/mol. The molecule has 1 aliphatic carbocycles. The van der Waals surface area contributed by atoms with Crippen LogP contribution in [0.5, 0.6) is 0 Å². The van der Waals surface area contributed by atoms with E-state index in [0.717, 1.165) is 24.2 Å². The summed E-state index contributed by atoms with van der Waals surface area (Å²) < 4.78 is 1.91. The lowest BCUT2D eigenvalue weighted by Gasteiger charge is -2.17. The van der Waals surface area contributed by atoms with E-state index in [-0.39, 0.29) is 0 Å². The van der Waals surface area contributed by atoms with Gasteiger partial charge >= 0.3 is 0 Å². The summed E-state index contributed by atoms with van der Waals surface area (Å²) in [7, 11) is 0. The minimum atomic E-state index is 0.458. The van der Waals surface area contributed by atoms with E-state index in [1.165, 1.54) is 11.1 Å². The molecule has 0 saturated carbocycles. The molecule has 0 aliphatic heterocycles. The van der Waals surface area contributed by atoms with Gasteiger partial charge in [0.2, 0.25) is 0 Å². The maximum Gasteiger partial charge on any atom is 0.0876 e. The summed E-state index contributed by atoms with van der Waals surface area (Å²) in [4.78, 5) is 0. The van der Waals surface area contributed by atoms with Crippen molar-refractivity contribution in [2.75, 3.05) is 5.32 Å². The highest BCUT2D eigenvalue weighted by molar-refractivity contribution is 5.61. The first-order valence-electron chi connectivity index (χ1n) is 7.32. The van der Waals surface area contributed by atoms with Crippen LogP contribution in [0.3, 0.4) is 0 Å². The largest absolute Gasteiger partial charge is 0.380 e. The van der Waals surface area contributed by atoms with E-state index < -0.39 is 0 Å². The van der Waals surface area contributed by atoms with Gasteiger partial charge in [-0.3, -0.25) is 0 Å². The first kappa shape index (κ1) is 12.2. The molecular formula is C18H17N3. The molecule has 1 N–H and O–H groups in total. The Hall–Kier alpha value is -2.55. The van der Waals surface area contributed by atoms with Crippen LogP contribution < -0.4 is 5.32 Å². The second-order valence-electron chi connectivity index (χ2n) is 5.49. The summed E-state index contributed by atoms with van der Waals surface area (Å²) in [5, 5.41) is 8.02. The summed E-state index contributed by atoms with van der Waals surface area (Å²) in [5.41, 5.74) is 5.16. The molecular weight excluding hydrogens is 258 g/mol. The van der Waals surface area contributed by atoms with Crippen LogP contribution in [0, 0.1) is 0 Å². The highest BCUT2D eigenvalue weighted by Crippen LogP contribution is 2.27. The van der Waals surface area contributed by atoms with Crippen LogP contribution in [0.25, 0.3) is 5.69 Å². The van der Waals surface area contributed by atoms with Crippen LogP contribution in [-0.2, 0) is 12.8 Å². The van der Waals surface area contributed by atoms with Gasteiger partial charge < -0.3 is 5.32 Å². The fourth-order valence-corrected chi connectivity index (χ4v) is 3.09. The van der Waals surface area contributed by atoms with E-state index in [1.54, 1.807) is 0 Å². The van der Waals surface area contributed by atoms with E-state index in [1.807, 2.05) is 29.2 Å². The number of fused-ring (bicyclic) bond motifs is 1. The Morgan fingerprint density at radius 1 is 0.905 bits per heavy atom. The van der Waals surface area contributed by atoms with Crippen molar-refractivity contribution in [3.63, 3.8) is 0 Å². The van der Waals surface area contributed by atoms with Crippen LogP contribution in [0.15, 0.2) is 67.0 Å². The summed E-state index contributed by atoms with van der Waals surface area (Å²) in [6.45, 7) is 0. The maximum atomic E-state index is 4.34.